The normalized spacial score (nSPS) is 9.48. The van der Waals surface area contributed by atoms with Crippen LogP contribution < -0.4 is 11.5 Å². The largest absolute Gasteiger partial charge is 0.366 e. The molecule has 0 radical (unpaired) electrons. The van der Waals surface area contributed by atoms with Crippen LogP contribution in [0.2, 0.25) is 0 Å². The van der Waals surface area contributed by atoms with Gasteiger partial charge in [-0.25, -0.2) is 13.2 Å². The number of benzene rings is 2. The Hall–Kier alpha value is -2.83. The Kier molecular flexibility index (Phi) is 5.48. The zero-order valence-corrected chi connectivity index (χ0v) is 10.6. The van der Waals surface area contributed by atoms with Crippen LogP contribution in [0.15, 0.2) is 42.5 Å². The fourth-order valence-electron chi connectivity index (χ4n) is 1.39. The molecule has 4 nitrogen and oxygen atoms in total. The van der Waals surface area contributed by atoms with E-state index in [0.717, 1.165) is 18.2 Å². The molecule has 0 saturated carbocycles. The standard InChI is InChI=1S/C7H5F2NO.C7H6FNO/c8-4-2-1-3-5(9)6(4)7(10)11;8-6-4-2-1-3-5(6)7(9)10/h1-3H,(H2,10,11);1-4H,(H2,9,10). The molecule has 21 heavy (non-hydrogen) atoms. The molecule has 0 aliphatic rings. The molecule has 0 fully saturated rings. The topological polar surface area (TPSA) is 86.2 Å². The van der Waals surface area contributed by atoms with Crippen LogP contribution in [0.1, 0.15) is 20.7 Å². The summed E-state index contributed by atoms with van der Waals surface area (Å²) in [4.78, 5) is 20.8. The maximum absolute atomic E-state index is 12.6. The van der Waals surface area contributed by atoms with Crippen molar-refractivity contribution in [1.29, 1.82) is 0 Å². The zero-order chi connectivity index (χ0) is 16.0. The summed E-state index contributed by atoms with van der Waals surface area (Å²) in [6.45, 7) is 0. The molecule has 0 saturated heterocycles. The molecule has 0 spiro atoms. The minimum atomic E-state index is -1.10. The molecule has 2 amide bonds. The minimum absolute atomic E-state index is 0.0671. The number of nitrogens with two attached hydrogens (primary N) is 2. The summed E-state index contributed by atoms with van der Waals surface area (Å²) < 4.78 is 37.7. The lowest BCUT2D eigenvalue weighted by molar-refractivity contribution is 0.0985. The Morgan fingerprint density at radius 3 is 1.52 bits per heavy atom. The van der Waals surface area contributed by atoms with Gasteiger partial charge in [-0.15, -0.1) is 0 Å². The lowest BCUT2D eigenvalue weighted by Crippen LogP contribution is -2.15. The van der Waals surface area contributed by atoms with Crippen LogP contribution in [0.3, 0.4) is 0 Å². The number of primary amides is 2. The van der Waals surface area contributed by atoms with E-state index in [1.807, 2.05) is 0 Å². The van der Waals surface area contributed by atoms with Gasteiger partial charge in [-0.2, -0.15) is 0 Å². The SMILES string of the molecule is NC(=O)c1c(F)cccc1F.NC(=O)c1ccccc1F. The fourth-order valence-corrected chi connectivity index (χ4v) is 1.39. The highest BCUT2D eigenvalue weighted by Gasteiger charge is 2.12. The summed E-state index contributed by atoms with van der Waals surface area (Å²) in [7, 11) is 0. The van der Waals surface area contributed by atoms with E-state index in [9.17, 15) is 22.8 Å². The second-order valence-electron chi connectivity index (χ2n) is 3.81. The first-order valence-electron chi connectivity index (χ1n) is 5.62. The first kappa shape index (κ1) is 16.2. The van der Waals surface area contributed by atoms with Gasteiger partial charge in [-0.05, 0) is 24.3 Å². The van der Waals surface area contributed by atoms with E-state index in [-0.39, 0.29) is 5.56 Å². The van der Waals surface area contributed by atoms with Crippen LogP contribution in [-0.2, 0) is 0 Å². The molecule has 0 heterocycles. The van der Waals surface area contributed by atoms with Gasteiger partial charge in [0, 0.05) is 0 Å². The monoisotopic (exact) mass is 296 g/mol. The van der Waals surface area contributed by atoms with Crippen molar-refractivity contribution in [3.05, 3.63) is 71.0 Å². The van der Waals surface area contributed by atoms with Crippen molar-refractivity contribution in [1.82, 2.24) is 0 Å². The van der Waals surface area contributed by atoms with E-state index in [4.69, 9.17) is 11.5 Å². The van der Waals surface area contributed by atoms with Crippen LogP contribution in [0, 0.1) is 17.5 Å². The van der Waals surface area contributed by atoms with Crippen molar-refractivity contribution in [2.24, 2.45) is 11.5 Å². The molecule has 0 atom stereocenters. The van der Waals surface area contributed by atoms with E-state index in [0.29, 0.717) is 0 Å². The quantitative estimate of drug-likeness (QED) is 0.888. The third kappa shape index (κ3) is 4.34. The van der Waals surface area contributed by atoms with Gasteiger partial charge < -0.3 is 11.5 Å². The molecule has 0 bridgehead atoms. The lowest BCUT2D eigenvalue weighted by atomic mass is 10.2. The Morgan fingerprint density at radius 1 is 0.714 bits per heavy atom. The Balaban J connectivity index is 0.000000211. The van der Waals surface area contributed by atoms with Gasteiger partial charge in [-0.3, -0.25) is 9.59 Å². The third-order valence-corrected chi connectivity index (χ3v) is 2.35. The number of amides is 2. The summed E-state index contributed by atoms with van der Waals surface area (Å²) >= 11 is 0. The maximum Gasteiger partial charge on any atom is 0.254 e. The molecule has 2 aromatic carbocycles. The van der Waals surface area contributed by atoms with Crippen molar-refractivity contribution in [3.8, 4) is 0 Å². The second kappa shape index (κ2) is 7.09. The van der Waals surface area contributed by atoms with Gasteiger partial charge in [0.05, 0.1) is 5.56 Å². The van der Waals surface area contributed by atoms with Crippen molar-refractivity contribution >= 4 is 11.8 Å². The van der Waals surface area contributed by atoms with Gasteiger partial charge in [0.2, 0.25) is 0 Å². The molecule has 0 unspecified atom stereocenters. The van der Waals surface area contributed by atoms with Crippen LogP contribution in [0.4, 0.5) is 13.2 Å². The molecule has 0 aliphatic carbocycles. The summed E-state index contributed by atoms with van der Waals surface area (Å²) in [5.41, 5.74) is 8.78. The third-order valence-electron chi connectivity index (χ3n) is 2.35. The number of hydrogen-bond acceptors (Lipinski definition) is 2. The van der Waals surface area contributed by atoms with Gasteiger partial charge >= 0.3 is 0 Å². The maximum atomic E-state index is 12.6. The zero-order valence-electron chi connectivity index (χ0n) is 10.6. The fraction of sp³-hybridized carbons (Fsp3) is 0. The van der Waals surface area contributed by atoms with Crippen LogP contribution >= 0.6 is 0 Å². The minimum Gasteiger partial charge on any atom is -0.366 e. The van der Waals surface area contributed by atoms with Crippen molar-refractivity contribution in [3.63, 3.8) is 0 Å². The summed E-state index contributed by atoms with van der Waals surface area (Å²) in [6.07, 6.45) is 0. The van der Waals surface area contributed by atoms with E-state index in [1.165, 1.54) is 18.2 Å². The number of halogens is 3. The smallest absolute Gasteiger partial charge is 0.254 e. The average Bonchev–Trinajstić information content (AvgIpc) is 2.39. The van der Waals surface area contributed by atoms with E-state index in [2.05, 4.69) is 0 Å². The predicted octanol–water partition coefficient (Wildman–Crippen LogP) is 1.99. The lowest BCUT2D eigenvalue weighted by Gasteiger charge is -1.97. The average molecular weight is 296 g/mol. The highest BCUT2D eigenvalue weighted by atomic mass is 19.1. The molecule has 0 aromatic heterocycles. The molecule has 4 N–H and O–H groups in total. The second-order valence-corrected chi connectivity index (χ2v) is 3.81. The number of hydrogen-bond donors (Lipinski definition) is 2. The van der Waals surface area contributed by atoms with Crippen molar-refractivity contribution in [2.75, 3.05) is 0 Å². The first-order valence-corrected chi connectivity index (χ1v) is 5.62. The van der Waals surface area contributed by atoms with E-state index >= 15 is 0 Å². The van der Waals surface area contributed by atoms with Crippen molar-refractivity contribution < 1.29 is 22.8 Å². The molecular weight excluding hydrogens is 285 g/mol. The highest BCUT2D eigenvalue weighted by molar-refractivity contribution is 5.93. The molecule has 0 aliphatic heterocycles. The summed E-state index contributed by atoms with van der Waals surface area (Å²) in [5.74, 6) is -4.27. The van der Waals surface area contributed by atoms with Gasteiger partial charge in [0.25, 0.3) is 11.8 Å². The molecule has 2 aromatic rings. The molecule has 7 heteroatoms. The van der Waals surface area contributed by atoms with Crippen LogP contribution in [0.5, 0.6) is 0 Å². The number of carbonyl (C=O) groups is 2. The first-order chi connectivity index (χ1) is 9.84. The number of carbonyl (C=O) groups excluding carboxylic acids is 2. The van der Waals surface area contributed by atoms with Gasteiger partial charge in [0.15, 0.2) is 0 Å². The molecular formula is C14H11F3N2O2. The van der Waals surface area contributed by atoms with Crippen LogP contribution in [0.25, 0.3) is 0 Å². The van der Waals surface area contributed by atoms with E-state index < -0.39 is 34.8 Å². The van der Waals surface area contributed by atoms with Gasteiger partial charge in [0.1, 0.15) is 23.0 Å². The summed E-state index contributed by atoms with van der Waals surface area (Å²) in [5, 5.41) is 0. The molecule has 2 rings (SSSR count). The Bertz CT molecular complexity index is 655. The Labute approximate surface area is 118 Å². The molecule has 110 valence electrons. The van der Waals surface area contributed by atoms with Gasteiger partial charge in [-0.1, -0.05) is 18.2 Å². The van der Waals surface area contributed by atoms with Crippen molar-refractivity contribution in [2.45, 2.75) is 0 Å². The van der Waals surface area contributed by atoms with Crippen LogP contribution in [-0.4, -0.2) is 11.8 Å². The Morgan fingerprint density at radius 2 is 1.19 bits per heavy atom. The predicted molar refractivity (Wildman–Crippen MR) is 69.8 cm³/mol. The van der Waals surface area contributed by atoms with E-state index in [1.54, 1.807) is 6.07 Å². The summed E-state index contributed by atoms with van der Waals surface area (Å²) in [6, 6.07) is 8.71. The highest BCUT2D eigenvalue weighted by Crippen LogP contribution is 2.10. The number of rotatable bonds is 2.